The van der Waals surface area contributed by atoms with Gasteiger partial charge in [-0.2, -0.15) is 0 Å². The number of ketones is 1. The highest BCUT2D eigenvalue weighted by molar-refractivity contribution is 6.10. The third-order valence-electron chi connectivity index (χ3n) is 8.94. The first-order valence-electron chi connectivity index (χ1n) is 13.5. The van der Waals surface area contributed by atoms with Gasteiger partial charge in [0.05, 0.1) is 33.4 Å². The number of methoxy groups -OCH3 is 3. The molecule has 0 spiro atoms. The number of hydrogen-bond donors (Lipinski definition) is 2. The zero-order valence-electron chi connectivity index (χ0n) is 22.7. The van der Waals surface area contributed by atoms with Crippen LogP contribution in [0.3, 0.4) is 0 Å². The van der Waals surface area contributed by atoms with Gasteiger partial charge in [0.2, 0.25) is 5.91 Å². The van der Waals surface area contributed by atoms with Crippen LogP contribution in [-0.4, -0.2) is 72.6 Å². The van der Waals surface area contributed by atoms with Gasteiger partial charge in [-0.25, -0.2) is 0 Å². The molecule has 1 amide bonds. The van der Waals surface area contributed by atoms with Crippen molar-refractivity contribution >= 4 is 11.7 Å². The molecule has 6 rings (SSSR count). The van der Waals surface area contributed by atoms with E-state index in [9.17, 15) is 19.8 Å². The van der Waals surface area contributed by atoms with Gasteiger partial charge in [0.25, 0.3) is 0 Å². The molecule has 9 nitrogen and oxygen atoms in total. The van der Waals surface area contributed by atoms with E-state index in [2.05, 4.69) is 0 Å². The summed E-state index contributed by atoms with van der Waals surface area (Å²) in [7, 11) is 4.54. The maximum Gasteiger partial charge on any atom is 0.236 e. The van der Waals surface area contributed by atoms with Crippen LogP contribution < -0.4 is 4.74 Å². The molecule has 2 N–H and O–H groups in total. The van der Waals surface area contributed by atoms with E-state index in [4.69, 9.17) is 18.9 Å². The lowest BCUT2D eigenvalue weighted by Crippen LogP contribution is -2.55. The van der Waals surface area contributed by atoms with Gasteiger partial charge in [0.15, 0.2) is 11.4 Å². The van der Waals surface area contributed by atoms with Crippen molar-refractivity contribution in [1.29, 1.82) is 0 Å². The van der Waals surface area contributed by atoms with Gasteiger partial charge in [0, 0.05) is 18.5 Å². The molecule has 2 heterocycles. The number of ether oxygens (including phenoxy) is 4. The molecule has 9 heteroatoms. The lowest BCUT2D eigenvalue weighted by atomic mass is 9.68. The molecule has 40 heavy (non-hydrogen) atoms. The molecule has 2 aromatic carbocycles. The Morgan fingerprint density at radius 1 is 1.00 bits per heavy atom. The number of benzene rings is 2. The molecule has 2 aliphatic carbocycles. The summed E-state index contributed by atoms with van der Waals surface area (Å²) in [6.07, 6.45) is 2.64. The van der Waals surface area contributed by atoms with Crippen LogP contribution in [0.5, 0.6) is 5.75 Å². The fourth-order valence-corrected chi connectivity index (χ4v) is 7.20. The lowest BCUT2D eigenvalue weighted by Gasteiger charge is -2.40. The first-order chi connectivity index (χ1) is 19.3. The average Bonchev–Trinajstić information content (AvgIpc) is 3.59. The Balaban J connectivity index is 1.63. The van der Waals surface area contributed by atoms with E-state index in [1.54, 1.807) is 43.5 Å². The summed E-state index contributed by atoms with van der Waals surface area (Å²) in [5.74, 6) is -2.97. The van der Waals surface area contributed by atoms with Crippen LogP contribution in [0.1, 0.15) is 29.9 Å². The molecule has 1 saturated carbocycles. The number of allylic oxidation sites excluding steroid dienone is 1. The first kappa shape index (κ1) is 26.6. The number of aliphatic hydroxyl groups is 2. The minimum atomic E-state index is -2.20. The summed E-state index contributed by atoms with van der Waals surface area (Å²) in [6, 6.07) is 16.2. The average molecular weight is 548 g/mol. The van der Waals surface area contributed by atoms with Crippen LogP contribution in [0.4, 0.5) is 0 Å². The first-order valence-corrected chi connectivity index (χ1v) is 13.5. The third kappa shape index (κ3) is 3.51. The monoisotopic (exact) mass is 547 g/mol. The van der Waals surface area contributed by atoms with Crippen molar-refractivity contribution in [1.82, 2.24) is 4.90 Å². The molecule has 4 aliphatic rings. The Hall–Kier alpha value is -3.66. The molecule has 7 unspecified atom stereocenters. The van der Waals surface area contributed by atoms with E-state index in [0.29, 0.717) is 47.8 Å². The van der Waals surface area contributed by atoms with Gasteiger partial charge in [-0.1, -0.05) is 42.5 Å². The van der Waals surface area contributed by atoms with Crippen molar-refractivity contribution in [3.05, 3.63) is 89.4 Å². The van der Waals surface area contributed by atoms with Crippen LogP contribution >= 0.6 is 0 Å². The smallest absolute Gasteiger partial charge is 0.236 e. The van der Waals surface area contributed by atoms with E-state index < -0.39 is 53.0 Å². The van der Waals surface area contributed by atoms with Gasteiger partial charge in [-0.3, -0.25) is 9.59 Å². The van der Waals surface area contributed by atoms with Crippen molar-refractivity contribution in [3.63, 3.8) is 0 Å². The summed E-state index contributed by atoms with van der Waals surface area (Å²) < 4.78 is 23.5. The third-order valence-corrected chi connectivity index (χ3v) is 8.94. The van der Waals surface area contributed by atoms with Crippen LogP contribution in [-0.2, 0) is 29.4 Å². The number of nitrogens with zero attached hydrogens (tertiary/aromatic N) is 1. The van der Waals surface area contributed by atoms with Crippen molar-refractivity contribution in [3.8, 4) is 5.75 Å². The zero-order valence-corrected chi connectivity index (χ0v) is 22.7. The van der Waals surface area contributed by atoms with E-state index in [1.807, 2.05) is 30.3 Å². The molecule has 0 bridgehead atoms. The summed E-state index contributed by atoms with van der Waals surface area (Å²) in [5.41, 5.74) is -2.70. The topological polar surface area (TPSA) is 115 Å². The highest BCUT2D eigenvalue weighted by atomic mass is 16.6. The molecule has 0 radical (unpaired) electrons. The number of fused-ring (bicyclic) bond motifs is 3. The Bertz CT molecular complexity index is 1370. The quantitative estimate of drug-likeness (QED) is 0.531. The molecule has 2 aromatic rings. The largest absolute Gasteiger partial charge is 0.500 e. The van der Waals surface area contributed by atoms with Crippen molar-refractivity contribution in [2.24, 2.45) is 11.8 Å². The second-order valence-corrected chi connectivity index (χ2v) is 10.7. The van der Waals surface area contributed by atoms with Crippen molar-refractivity contribution in [2.45, 2.75) is 42.3 Å². The van der Waals surface area contributed by atoms with Crippen LogP contribution in [0.2, 0.25) is 0 Å². The maximum absolute atomic E-state index is 14.7. The van der Waals surface area contributed by atoms with Gasteiger partial charge in [-0.15, -0.1) is 0 Å². The molecule has 7 atom stereocenters. The Morgan fingerprint density at radius 3 is 2.33 bits per heavy atom. The molecule has 210 valence electrons. The number of rotatable bonds is 6. The van der Waals surface area contributed by atoms with Crippen LogP contribution in [0, 0.1) is 11.8 Å². The van der Waals surface area contributed by atoms with Crippen LogP contribution in [0.15, 0.2) is 78.3 Å². The molecule has 2 aliphatic heterocycles. The summed E-state index contributed by atoms with van der Waals surface area (Å²) in [4.78, 5) is 30.3. The number of aliphatic hydroxyl groups excluding tert-OH is 1. The maximum atomic E-state index is 14.7. The van der Waals surface area contributed by atoms with Gasteiger partial charge in [0.1, 0.15) is 35.0 Å². The lowest BCUT2D eigenvalue weighted by molar-refractivity contribution is -0.156. The van der Waals surface area contributed by atoms with E-state index in [-0.39, 0.29) is 0 Å². The fraction of sp³-hybridized carbons (Fsp3) is 0.419. The summed E-state index contributed by atoms with van der Waals surface area (Å²) >= 11 is 0. The minimum absolute atomic E-state index is 0.316. The standard InChI is InChI=1S/C31H33NO8/c1-37-20-13-11-19(12-14-20)31-26(18-8-5-4-6-9-18)25(29(35)32-15-7-10-24(32)33)28(34)30(31,36)27-22(39-3)16-21(38-2)17-23(27)40-31/h4-6,8-9,11-14,16-17,23-27,33,36H,7,10,15H2,1-3H3. The molecule has 3 fully saturated rings. The summed E-state index contributed by atoms with van der Waals surface area (Å²) in [6.45, 7) is 0.329. The predicted molar refractivity (Wildman–Crippen MR) is 143 cm³/mol. The number of likely N-dealkylation sites (tertiary alicyclic amines) is 1. The van der Waals surface area contributed by atoms with E-state index in [1.165, 1.54) is 19.1 Å². The van der Waals surface area contributed by atoms with Gasteiger partial charge < -0.3 is 34.1 Å². The zero-order chi connectivity index (χ0) is 28.2. The van der Waals surface area contributed by atoms with E-state index >= 15 is 0 Å². The second kappa shape index (κ2) is 9.76. The van der Waals surface area contributed by atoms with Crippen LogP contribution in [0.25, 0.3) is 0 Å². The molecular formula is C31H33NO8. The number of carbonyl (C=O) groups excluding carboxylic acids is 2. The highest BCUT2D eigenvalue weighted by Gasteiger charge is 2.81. The minimum Gasteiger partial charge on any atom is -0.500 e. The molecule has 2 saturated heterocycles. The van der Waals surface area contributed by atoms with E-state index in [0.717, 1.165) is 0 Å². The fourth-order valence-electron chi connectivity index (χ4n) is 7.20. The number of carbonyl (C=O) groups is 2. The number of Topliss-reactive ketones (excluding diaryl/α,β-unsaturated/α-hetero) is 1. The van der Waals surface area contributed by atoms with Gasteiger partial charge in [-0.05, 0) is 42.2 Å². The normalized spacial score (nSPS) is 34.6. The molecule has 0 aromatic heterocycles. The van der Waals surface area contributed by atoms with Crippen molar-refractivity contribution < 1.29 is 38.7 Å². The number of amides is 1. The number of hydrogen-bond acceptors (Lipinski definition) is 8. The SMILES string of the molecule is COC1=CC2OC3(c4ccc(OC)cc4)C(c4ccccc4)C(C(=O)N4CCCC4O)C(=O)C3(O)C2C(OC)=C1. The van der Waals surface area contributed by atoms with Crippen molar-refractivity contribution in [2.75, 3.05) is 27.9 Å². The molecular weight excluding hydrogens is 514 g/mol. The Morgan fingerprint density at radius 2 is 1.73 bits per heavy atom. The Labute approximate surface area is 232 Å². The van der Waals surface area contributed by atoms with Gasteiger partial charge >= 0.3 is 0 Å². The summed E-state index contributed by atoms with van der Waals surface area (Å²) in [5, 5.41) is 23.5. The second-order valence-electron chi connectivity index (χ2n) is 10.7. The highest BCUT2D eigenvalue weighted by Crippen LogP contribution is 2.67. The predicted octanol–water partition coefficient (Wildman–Crippen LogP) is 2.63. The Kier molecular flexibility index (Phi) is 6.48.